The number of sulfonamides is 1. The molecule has 1 aromatic rings. The van der Waals surface area contributed by atoms with Gasteiger partial charge in [-0.1, -0.05) is 11.8 Å². The Kier molecular flexibility index (Phi) is 5.46. The molecular weight excluding hydrogens is 266 g/mol. The van der Waals surface area contributed by atoms with Crippen molar-refractivity contribution in [1.82, 2.24) is 9.29 Å². The zero-order chi connectivity index (χ0) is 14.3. The second-order valence-corrected chi connectivity index (χ2v) is 5.65. The molecule has 0 unspecified atom stereocenters. The summed E-state index contributed by atoms with van der Waals surface area (Å²) in [4.78, 5) is 3.82. The number of pyridine rings is 1. The van der Waals surface area contributed by atoms with Crippen LogP contribution in [0, 0.1) is 23.2 Å². The summed E-state index contributed by atoms with van der Waals surface area (Å²) in [6.07, 6.45) is 2.76. The molecule has 0 atom stereocenters. The minimum Gasteiger partial charge on any atom is -0.384 e. The van der Waals surface area contributed by atoms with Gasteiger partial charge in [-0.25, -0.2) is 8.42 Å². The average molecular weight is 279 g/mol. The highest BCUT2D eigenvalue weighted by atomic mass is 32.2. The Morgan fingerprint density at radius 3 is 2.84 bits per heavy atom. The van der Waals surface area contributed by atoms with E-state index in [1.54, 1.807) is 0 Å². The van der Waals surface area contributed by atoms with Gasteiger partial charge < -0.3 is 5.11 Å². The van der Waals surface area contributed by atoms with Crippen LogP contribution < -0.4 is 0 Å². The topological polar surface area (TPSA) is 94.3 Å². The summed E-state index contributed by atoms with van der Waals surface area (Å²) >= 11 is 0. The summed E-state index contributed by atoms with van der Waals surface area (Å²) in [5.41, 5.74) is 0.406. The molecule has 0 bridgehead atoms. The number of nitriles is 1. The van der Waals surface area contributed by atoms with Crippen molar-refractivity contribution in [1.29, 1.82) is 5.26 Å². The van der Waals surface area contributed by atoms with Crippen LogP contribution in [0.4, 0.5) is 0 Å². The highest BCUT2D eigenvalue weighted by Crippen LogP contribution is 2.14. The molecule has 0 aliphatic carbocycles. The first-order valence-corrected chi connectivity index (χ1v) is 6.84. The van der Waals surface area contributed by atoms with Gasteiger partial charge in [-0.05, 0) is 6.07 Å². The molecule has 0 amide bonds. The number of nitrogens with zero attached hydrogens (tertiary/aromatic N) is 3. The third-order valence-corrected chi connectivity index (χ3v) is 4.09. The molecule has 1 heterocycles. The maximum Gasteiger partial charge on any atom is 0.244 e. The van der Waals surface area contributed by atoms with Crippen LogP contribution in [0.15, 0.2) is 23.4 Å². The lowest BCUT2D eigenvalue weighted by molar-refractivity contribution is 0.350. The van der Waals surface area contributed by atoms with Crippen molar-refractivity contribution in [3.8, 4) is 17.9 Å². The van der Waals surface area contributed by atoms with Crippen LogP contribution in [0.3, 0.4) is 0 Å². The number of aliphatic hydroxyl groups excluding tert-OH is 1. The van der Waals surface area contributed by atoms with Crippen LogP contribution in [0.2, 0.25) is 0 Å². The second-order valence-electron chi connectivity index (χ2n) is 3.60. The lowest BCUT2D eigenvalue weighted by atomic mass is 10.3. The predicted octanol–water partition coefficient (Wildman–Crippen LogP) is -0.0404. The van der Waals surface area contributed by atoms with Gasteiger partial charge in [-0.2, -0.15) is 9.57 Å². The first kappa shape index (κ1) is 15.1. The molecule has 0 spiro atoms. The average Bonchev–Trinajstić information content (AvgIpc) is 2.42. The van der Waals surface area contributed by atoms with Crippen molar-refractivity contribution in [3.05, 3.63) is 24.0 Å². The number of hydrogen-bond donors (Lipinski definition) is 1. The molecule has 100 valence electrons. The Hall–Kier alpha value is -1.93. The third-order valence-electron chi connectivity index (χ3n) is 2.27. The zero-order valence-corrected chi connectivity index (χ0v) is 11.2. The van der Waals surface area contributed by atoms with E-state index in [0.717, 1.165) is 4.31 Å². The molecule has 1 aromatic heterocycles. The van der Waals surface area contributed by atoms with Gasteiger partial charge in [0.15, 0.2) is 0 Å². The van der Waals surface area contributed by atoms with E-state index < -0.39 is 10.0 Å². The first-order chi connectivity index (χ1) is 9.02. The van der Waals surface area contributed by atoms with Gasteiger partial charge in [-0.15, -0.1) is 0 Å². The van der Waals surface area contributed by atoms with Gasteiger partial charge in [0.25, 0.3) is 0 Å². The molecule has 6 nitrogen and oxygen atoms in total. The van der Waals surface area contributed by atoms with E-state index in [1.807, 2.05) is 6.07 Å². The summed E-state index contributed by atoms with van der Waals surface area (Å²) in [7, 11) is -2.27. The standard InChI is InChI=1S/C12H13N3O3S/c1-15(6-3-5-13)19(17,18)12-8-11(4-2-7-16)9-14-10-12/h8-10,16H,3,6-7H2,1H3. The highest BCUT2D eigenvalue weighted by molar-refractivity contribution is 7.89. The lowest BCUT2D eigenvalue weighted by Crippen LogP contribution is -2.28. The Balaban J connectivity index is 3.05. The molecule has 1 N–H and O–H groups in total. The molecule has 0 radical (unpaired) electrons. The Morgan fingerprint density at radius 2 is 2.21 bits per heavy atom. The van der Waals surface area contributed by atoms with E-state index in [9.17, 15) is 8.42 Å². The van der Waals surface area contributed by atoms with Crippen molar-refractivity contribution in [3.63, 3.8) is 0 Å². The van der Waals surface area contributed by atoms with E-state index in [0.29, 0.717) is 5.56 Å². The Bertz CT molecular complexity index is 638. The van der Waals surface area contributed by atoms with Gasteiger partial charge in [0.2, 0.25) is 10.0 Å². The van der Waals surface area contributed by atoms with E-state index in [2.05, 4.69) is 16.8 Å². The monoisotopic (exact) mass is 279 g/mol. The molecule has 0 saturated heterocycles. The summed E-state index contributed by atoms with van der Waals surface area (Å²) in [5.74, 6) is 5.01. The van der Waals surface area contributed by atoms with Crippen LogP contribution >= 0.6 is 0 Å². The summed E-state index contributed by atoms with van der Waals surface area (Å²) in [5, 5.41) is 17.1. The van der Waals surface area contributed by atoms with Crippen LogP contribution in [0.1, 0.15) is 12.0 Å². The quantitative estimate of drug-likeness (QED) is 0.780. The van der Waals surface area contributed by atoms with Gasteiger partial charge in [0.05, 0.1) is 6.07 Å². The zero-order valence-electron chi connectivity index (χ0n) is 10.4. The van der Waals surface area contributed by atoms with Crippen molar-refractivity contribution in [2.24, 2.45) is 0 Å². The molecular formula is C12H13N3O3S. The molecule has 7 heteroatoms. The fourth-order valence-corrected chi connectivity index (χ4v) is 2.44. The Labute approximate surface area is 112 Å². The van der Waals surface area contributed by atoms with Crippen molar-refractivity contribution < 1.29 is 13.5 Å². The van der Waals surface area contributed by atoms with Crippen molar-refractivity contribution in [2.75, 3.05) is 20.2 Å². The second kappa shape index (κ2) is 6.86. The fourth-order valence-electron chi connectivity index (χ4n) is 1.28. The summed E-state index contributed by atoms with van der Waals surface area (Å²) in [6, 6.07) is 3.27. The fraction of sp³-hybridized carbons (Fsp3) is 0.333. The number of rotatable bonds is 4. The van der Waals surface area contributed by atoms with E-state index in [4.69, 9.17) is 10.4 Å². The van der Waals surface area contributed by atoms with Gasteiger partial charge in [0.1, 0.15) is 11.5 Å². The smallest absolute Gasteiger partial charge is 0.244 e. The predicted molar refractivity (Wildman–Crippen MR) is 68.2 cm³/mol. The minimum atomic E-state index is -3.67. The number of hydrogen-bond acceptors (Lipinski definition) is 5. The van der Waals surface area contributed by atoms with Gasteiger partial charge in [-0.3, -0.25) is 4.98 Å². The molecule has 19 heavy (non-hydrogen) atoms. The van der Waals surface area contributed by atoms with E-state index in [1.165, 1.54) is 25.5 Å². The van der Waals surface area contributed by atoms with Crippen LogP contribution in [-0.2, 0) is 10.0 Å². The van der Waals surface area contributed by atoms with Crippen LogP contribution in [0.25, 0.3) is 0 Å². The lowest BCUT2D eigenvalue weighted by Gasteiger charge is -2.15. The summed E-state index contributed by atoms with van der Waals surface area (Å²) < 4.78 is 25.4. The van der Waals surface area contributed by atoms with E-state index in [-0.39, 0.29) is 24.5 Å². The minimum absolute atomic E-state index is 0.0117. The van der Waals surface area contributed by atoms with Crippen molar-refractivity contribution in [2.45, 2.75) is 11.3 Å². The normalized spacial score (nSPS) is 10.6. The maximum atomic E-state index is 12.1. The number of aromatic nitrogens is 1. The number of aliphatic hydroxyl groups is 1. The summed E-state index contributed by atoms with van der Waals surface area (Å²) in [6.45, 7) is -0.190. The molecule has 1 rings (SSSR count). The molecule has 0 aliphatic rings. The van der Waals surface area contributed by atoms with Gasteiger partial charge in [0, 0.05) is 38.0 Å². The highest BCUT2D eigenvalue weighted by Gasteiger charge is 2.20. The van der Waals surface area contributed by atoms with Crippen LogP contribution in [-0.4, -0.2) is 43.0 Å². The Morgan fingerprint density at radius 1 is 1.47 bits per heavy atom. The van der Waals surface area contributed by atoms with Gasteiger partial charge >= 0.3 is 0 Å². The van der Waals surface area contributed by atoms with Crippen molar-refractivity contribution >= 4 is 10.0 Å². The molecule has 0 aromatic carbocycles. The van der Waals surface area contributed by atoms with E-state index >= 15 is 0 Å². The molecule has 0 saturated carbocycles. The molecule has 0 fully saturated rings. The molecule has 0 aliphatic heterocycles. The maximum absolute atomic E-state index is 12.1. The first-order valence-electron chi connectivity index (χ1n) is 5.40. The largest absolute Gasteiger partial charge is 0.384 e. The SMILES string of the molecule is CN(CCC#N)S(=O)(=O)c1cncc(C#CCO)c1. The van der Waals surface area contributed by atoms with Crippen LogP contribution in [0.5, 0.6) is 0 Å². The third kappa shape index (κ3) is 4.04.